The quantitative estimate of drug-likeness (QED) is 0.407. The average Bonchev–Trinajstić information content (AvgIpc) is 3.10. The van der Waals surface area contributed by atoms with Crippen LogP contribution < -0.4 is 5.32 Å². The smallest absolute Gasteiger partial charge is 0.268 e. The number of nitrogens with one attached hydrogen (secondary N) is 1. The van der Waals surface area contributed by atoms with Gasteiger partial charge in [0.1, 0.15) is 11.6 Å². The van der Waals surface area contributed by atoms with Gasteiger partial charge in [0.2, 0.25) is 0 Å². The summed E-state index contributed by atoms with van der Waals surface area (Å²) in [4.78, 5) is 17.6. The maximum absolute atomic E-state index is 12.4. The fraction of sp³-hybridized carbons (Fsp3) is 0.0952. The zero-order valence-corrected chi connectivity index (χ0v) is 17.2. The highest BCUT2D eigenvalue weighted by molar-refractivity contribution is 7.15. The number of nitriles is 1. The lowest BCUT2D eigenvalue weighted by molar-refractivity contribution is -0.112. The van der Waals surface area contributed by atoms with Crippen LogP contribution in [0.3, 0.4) is 0 Å². The summed E-state index contributed by atoms with van der Waals surface area (Å²) in [5.74, 6) is -0.485. The van der Waals surface area contributed by atoms with Crippen molar-refractivity contribution >= 4 is 51.7 Å². The van der Waals surface area contributed by atoms with E-state index in [1.807, 2.05) is 43.3 Å². The second-order valence-corrected chi connectivity index (χ2v) is 7.97. The number of carbonyl (C=O) groups excluding carboxylic acids is 1. The number of halogens is 2. The number of aryl methyl sites for hydroxylation is 1. The lowest BCUT2D eigenvalue weighted by atomic mass is 10.1. The molecular weight excluding hydrogens is 413 g/mol. The van der Waals surface area contributed by atoms with Crippen molar-refractivity contribution in [2.45, 2.75) is 13.3 Å². The molecule has 0 aliphatic carbocycles. The summed E-state index contributed by atoms with van der Waals surface area (Å²) in [6.07, 6.45) is 3.89. The van der Waals surface area contributed by atoms with E-state index in [9.17, 15) is 10.1 Å². The first-order valence-electron chi connectivity index (χ1n) is 8.33. The van der Waals surface area contributed by atoms with E-state index in [1.165, 1.54) is 11.3 Å². The van der Waals surface area contributed by atoms with Gasteiger partial charge in [-0.25, -0.2) is 4.98 Å². The third kappa shape index (κ3) is 4.99. The minimum atomic E-state index is -0.485. The molecule has 0 spiro atoms. The predicted octanol–water partition coefficient (Wildman–Crippen LogP) is 5.89. The summed E-state index contributed by atoms with van der Waals surface area (Å²) < 4.78 is 0. The van der Waals surface area contributed by atoms with Crippen molar-refractivity contribution in [3.63, 3.8) is 0 Å². The number of carbonyl (C=O) groups is 1. The van der Waals surface area contributed by atoms with Crippen LogP contribution in [0.2, 0.25) is 10.0 Å². The van der Waals surface area contributed by atoms with E-state index in [0.717, 1.165) is 21.6 Å². The topological polar surface area (TPSA) is 65.8 Å². The Morgan fingerprint density at radius 3 is 2.75 bits per heavy atom. The Morgan fingerprint density at radius 1 is 1.25 bits per heavy atom. The number of amides is 1. The molecule has 0 bridgehead atoms. The first kappa shape index (κ1) is 20.1. The van der Waals surface area contributed by atoms with Crippen LogP contribution in [0.15, 0.2) is 54.2 Å². The van der Waals surface area contributed by atoms with Gasteiger partial charge in [0.25, 0.3) is 5.91 Å². The van der Waals surface area contributed by atoms with Crippen molar-refractivity contribution < 1.29 is 4.79 Å². The molecule has 0 fully saturated rings. The Bertz CT molecular complexity index is 1100. The standard InChI is InChI=1S/C21H15Cl2N3OS/c1-13-4-2-3-5-15(13)10-16(11-24)20(27)26-21-25-12-17(28-21)8-14-6-7-18(22)19(23)9-14/h2-7,9-10,12H,8H2,1H3,(H,25,26,27)/b16-10+. The number of thiazole rings is 1. The Morgan fingerprint density at radius 2 is 2.04 bits per heavy atom. The summed E-state index contributed by atoms with van der Waals surface area (Å²) in [5.41, 5.74) is 2.83. The molecule has 1 N–H and O–H groups in total. The lowest BCUT2D eigenvalue weighted by Gasteiger charge is -2.03. The van der Waals surface area contributed by atoms with Crippen molar-refractivity contribution in [3.05, 3.63) is 85.8 Å². The molecule has 1 heterocycles. The Hall–Kier alpha value is -2.65. The number of nitrogens with zero attached hydrogens (tertiary/aromatic N) is 2. The number of aromatic nitrogens is 1. The summed E-state index contributed by atoms with van der Waals surface area (Å²) in [5, 5.41) is 13.5. The number of hydrogen-bond acceptors (Lipinski definition) is 4. The van der Waals surface area contributed by atoms with Gasteiger partial charge in [-0.05, 0) is 41.8 Å². The summed E-state index contributed by atoms with van der Waals surface area (Å²) in [6.45, 7) is 1.93. The zero-order valence-electron chi connectivity index (χ0n) is 14.9. The molecule has 0 aliphatic heterocycles. The average molecular weight is 428 g/mol. The molecule has 0 radical (unpaired) electrons. The van der Waals surface area contributed by atoms with Crippen LogP contribution in [0.4, 0.5) is 5.13 Å². The Kier molecular flexibility index (Phi) is 6.48. The molecule has 7 heteroatoms. The SMILES string of the molecule is Cc1ccccc1/C=C(\C#N)C(=O)Nc1ncc(Cc2ccc(Cl)c(Cl)c2)s1. The predicted molar refractivity (Wildman–Crippen MR) is 115 cm³/mol. The van der Waals surface area contributed by atoms with Crippen molar-refractivity contribution in [3.8, 4) is 6.07 Å². The minimum absolute atomic E-state index is 0.0236. The molecule has 3 rings (SSSR count). The first-order valence-corrected chi connectivity index (χ1v) is 9.91. The van der Waals surface area contributed by atoms with E-state index in [0.29, 0.717) is 21.6 Å². The molecule has 0 atom stereocenters. The number of anilines is 1. The van der Waals surface area contributed by atoms with Gasteiger partial charge in [0, 0.05) is 17.5 Å². The maximum atomic E-state index is 12.4. The van der Waals surface area contributed by atoms with Crippen LogP contribution in [0.25, 0.3) is 6.08 Å². The van der Waals surface area contributed by atoms with E-state index in [-0.39, 0.29) is 5.57 Å². The third-order valence-corrected chi connectivity index (χ3v) is 5.64. The van der Waals surface area contributed by atoms with Gasteiger partial charge < -0.3 is 0 Å². The van der Waals surface area contributed by atoms with Gasteiger partial charge in [-0.1, -0.05) is 53.5 Å². The number of rotatable bonds is 5. The second kappa shape index (κ2) is 9.03. The fourth-order valence-electron chi connectivity index (χ4n) is 2.52. The van der Waals surface area contributed by atoms with Crippen LogP contribution in [-0.4, -0.2) is 10.9 Å². The molecule has 3 aromatic rings. The third-order valence-electron chi connectivity index (χ3n) is 3.99. The molecule has 2 aromatic carbocycles. The highest BCUT2D eigenvalue weighted by Crippen LogP contribution is 2.26. The second-order valence-electron chi connectivity index (χ2n) is 6.04. The van der Waals surface area contributed by atoms with Crippen molar-refractivity contribution in [1.29, 1.82) is 5.26 Å². The fourth-order valence-corrected chi connectivity index (χ4v) is 3.68. The maximum Gasteiger partial charge on any atom is 0.268 e. The van der Waals surface area contributed by atoms with Gasteiger partial charge in [-0.3, -0.25) is 10.1 Å². The van der Waals surface area contributed by atoms with Crippen LogP contribution in [0, 0.1) is 18.3 Å². The van der Waals surface area contributed by atoms with Crippen molar-refractivity contribution in [2.24, 2.45) is 0 Å². The summed E-state index contributed by atoms with van der Waals surface area (Å²) in [6, 6.07) is 15.0. The summed E-state index contributed by atoms with van der Waals surface area (Å²) >= 11 is 13.3. The molecule has 0 saturated carbocycles. The number of hydrogen-bond donors (Lipinski definition) is 1. The zero-order chi connectivity index (χ0) is 20.1. The summed E-state index contributed by atoms with van der Waals surface area (Å²) in [7, 11) is 0. The van der Waals surface area contributed by atoms with Crippen LogP contribution >= 0.6 is 34.5 Å². The Balaban J connectivity index is 1.71. The van der Waals surface area contributed by atoms with Gasteiger partial charge >= 0.3 is 0 Å². The van der Waals surface area contributed by atoms with Crippen molar-refractivity contribution in [2.75, 3.05) is 5.32 Å². The van der Waals surface area contributed by atoms with E-state index in [1.54, 1.807) is 24.4 Å². The molecule has 1 aromatic heterocycles. The minimum Gasteiger partial charge on any atom is -0.297 e. The highest BCUT2D eigenvalue weighted by Gasteiger charge is 2.13. The van der Waals surface area contributed by atoms with Gasteiger partial charge in [0.05, 0.1) is 10.0 Å². The van der Waals surface area contributed by atoms with E-state index >= 15 is 0 Å². The molecule has 0 unspecified atom stereocenters. The van der Waals surface area contributed by atoms with Crippen LogP contribution in [-0.2, 0) is 11.2 Å². The lowest BCUT2D eigenvalue weighted by Crippen LogP contribution is -2.13. The molecule has 140 valence electrons. The largest absolute Gasteiger partial charge is 0.297 e. The van der Waals surface area contributed by atoms with E-state index < -0.39 is 5.91 Å². The van der Waals surface area contributed by atoms with Crippen LogP contribution in [0.1, 0.15) is 21.6 Å². The van der Waals surface area contributed by atoms with E-state index in [4.69, 9.17) is 23.2 Å². The Labute approximate surface area is 177 Å². The van der Waals surface area contributed by atoms with Gasteiger partial charge in [-0.15, -0.1) is 11.3 Å². The molecule has 0 aliphatic rings. The van der Waals surface area contributed by atoms with E-state index in [2.05, 4.69) is 10.3 Å². The van der Waals surface area contributed by atoms with Crippen molar-refractivity contribution in [1.82, 2.24) is 4.98 Å². The molecule has 1 amide bonds. The highest BCUT2D eigenvalue weighted by atomic mass is 35.5. The van der Waals surface area contributed by atoms with Gasteiger partial charge in [0.15, 0.2) is 5.13 Å². The monoisotopic (exact) mass is 427 g/mol. The van der Waals surface area contributed by atoms with Gasteiger partial charge in [-0.2, -0.15) is 5.26 Å². The molecular formula is C21H15Cl2N3OS. The molecule has 0 saturated heterocycles. The van der Waals surface area contributed by atoms with Crippen LogP contribution in [0.5, 0.6) is 0 Å². The molecule has 28 heavy (non-hydrogen) atoms. The molecule has 4 nitrogen and oxygen atoms in total. The number of benzene rings is 2. The normalized spacial score (nSPS) is 11.1. The first-order chi connectivity index (χ1) is 13.5.